The van der Waals surface area contributed by atoms with Crippen LogP contribution in [0.5, 0.6) is 0 Å². The molecule has 0 unspecified atom stereocenters. The van der Waals surface area contributed by atoms with Crippen LogP contribution in [0.1, 0.15) is 11.1 Å². The summed E-state index contributed by atoms with van der Waals surface area (Å²) in [5.74, 6) is 0.445. The monoisotopic (exact) mass is 378 g/mol. The highest BCUT2D eigenvalue weighted by atomic mass is 32.2. The van der Waals surface area contributed by atoms with Crippen molar-refractivity contribution in [2.45, 2.75) is 13.1 Å². The van der Waals surface area contributed by atoms with E-state index in [1.807, 2.05) is 24.1 Å². The van der Waals surface area contributed by atoms with Crippen LogP contribution >= 0.6 is 0 Å². The lowest BCUT2D eigenvalue weighted by atomic mass is 10.2. The van der Waals surface area contributed by atoms with Gasteiger partial charge in [-0.05, 0) is 35.4 Å². The second-order valence-corrected chi connectivity index (χ2v) is 7.70. The third-order valence-corrected chi connectivity index (χ3v) is 4.22. The molecule has 8 heteroatoms. The zero-order valence-corrected chi connectivity index (χ0v) is 15.8. The van der Waals surface area contributed by atoms with Gasteiger partial charge in [-0.3, -0.25) is 9.71 Å². The molecular weight excluding hydrogens is 355 g/mol. The molecule has 2 aromatic carbocycles. The molecule has 26 heavy (non-hydrogen) atoms. The Hall–Kier alpha value is -2.61. The van der Waals surface area contributed by atoms with E-state index in [9.17, 15) is 12.8 Å². The first-order chi connectivity index (χ1) is 12.3. The maximum absolute atomic E-state index is 13.0. The molecule has 2 N–H and O–H groups in total. The van der Waals surface area contributed by atoms with Gasteiger partial charge in [-0.25, -0.2) is 12.8 Å². The van der Waals surface area contributed by atoms with Gasteiger partial charge in [0.2, 0.25) is 10.0 Å². The molecule has 2 rings (SSSR count). The van der Waals surface area contributed by atoms with Crippen molar-refractivity contribution in [3.63, 3.8) is 0 Å². The molecule has 0 aliphatic rings. The molecule has 0 saturated carbocycles. The van der Waals surface area contributed by atoms with Crippen LogP contribution in [0.25, 0.3) is 0 Å². The molecule has 0 bridgehead atoms. The van der Waals surface area contributed by atoms with Crippen LogP contribution in [0.3, 0.4) is 0 Å². The molecular formula is C18H23FN4O2S. The van der Waals surface area contributed by atoms with Gasteiger partial charge in [0.15, 0.2) is 5.96 Å². The fourth-order valence-electron chi connectivity index (χ4n) is 2.41. The first-order valence-corrected chi connectivity index (χ1v) is 9.89. The van der Waals surface area contributed by atoms with Gasteiger partial charge in [0.05, 0.1) is 6.26 Å². The minimum atomic E-state index is -3.28. The fraction of sp³-hybridized carbons (Fsp3) is 0.278. The van der Waals surface area contributed by atoms with Crippen LogP contribution in [0.15, 0.2) is 53.5 Å². The van der Waals surface area contributed by atoms with Crippen molar-refractivity contribution in [2.75, 3.05) is 25.1 Å². The van der Waals surface area contributed by atoms with Gasteiger partial charge in [-0.1, -0.05) is 24.3 Å². The van der Waals surface area contributed by atoms with Crippen molar-refractivity contribution in [3.8, 4) is 0 Å². The largest absolute Gasteiger partial charge is 0.352 e. The SMILES string of the molecule is CN=C(NCc1ccc(NS(C)(=O)=O)cc1)N(C)Cc1ccc(F)cc1. The van der Waals surface area contributed by atoms with Crippen molar-refractivity contribution in [1.82, 2.24) is 10.2 Å². The maximum atomic E-state index is 13.0. The lowest BCUT2D eigenvalue weighted by molar-refractivity contribution is 0.476. The Morgan fingerprint density at radius 3 is 2.19 bits per heavy atom. The number of nitrogens with one attached hydrogen (secondary N) is 2. The maximum Gasteiger partial charge on any atom is 0.229 e. The molecule has 140 valence electrons. The van der Waals surface area contributed by atoms with E-state index in [4.69, 9.17) is 0 Å². The average Bonchev–Trinajstić information content (AvgIpc) is 2.57. The van der Waals surface area contributed by atoms with Gasteiger partial charge in [0, 0.05) is 32.9 Å². The van der Waals surface area contributed by atoms with Gasteiger partial charge in [-0.2, -0.15) is 0 Å². The third kappa shape index (κ3) is 6.36. The first kappa shape index (κ1) is 19.7. The van der Waals surface area contributed by atoms with E-state index >= 15 is 0 Å². The molecule has 0 amide bonds. The summed E-state index contributed by atoms with van der Waals surface area (Å²) in [5, 5.41) is 3.25. The molecule has 0 aromatic heterocycles. The summed E-state index contributed by atoms with van der Waals surface area (Å²) < 4.78 is 37.9. The van der Waals surface area contributed by atoms with Crippen LogP contribution in [-0.4, -0.2) is 39.6 Å². The number of guanidine groups is 1. The fourth-order valence-corrected chi connectivity index (χ4v) is 2.97. The summed E-state index contributed by atoms with van der Waals surface area (Å²) in [4.78, 5) is 6.19. The molecule has 0 fully saturated rings. The van der Waals surface area contributed by atoms with Crippen molar-refractivity contribution in [1.29, 1.82) is 0 Å². The average molecular weight is 378 g/mol. The summed E-state index contributed by atoms with van der Waals surface area (Å²) >= 11 is 0. The summed E-state index contributed by atoms with van der Waals surface area (Å²) in [7, 11) is 0.319. The summed E-state index contributed by atoms with van der Waals surface area (Å²) in [5.41, 5.74) is 2.49. The number of hydrogen-bond acceptors (Lipinski definition) is 3. The lowest BCUT2D eigenvalue weighted by Crippen LogP contribution is -2.38. The van der Waals surface area contributed by atoms with Crippen molar-refractivity contribution < 1.29 is 12.8 Å². The van der Waals surface area contributed by atoms with Gasteiger partial charge < -0.3 is 10.2 Å². The minimum Gasteiger partial charge on any atom is -0.352 e. The van der Waals surface area contributed by atoms with E-state index in [-0.39, 0.29) is 5.82 Å². The molecule has 0 radical (unpaired) electrons. The zero-order chi connectivity index (χ0) is 19.2. The van der Waals surface area contributed by atoms with Gasteiger partial charge in [0.25, 0.3) is 0 Å². The van der Waals surface area contributed by atoms with Crippen molar-refractivity contribution in [3.05, 3.63) is 65.5 Å². The van der Waals surface area contributed by atoms with E-state index < -0.39 is 10.0 Å². The first-order valence-electron chi connectivity index (χ1n) is 8.00. The van der Waals surface area contributed by atoms with E-state index in [2.05, 4.69) is 15.0 Å². The number of nitrogens with zero attached hydrogens (tertiary/aromatic N) is 2. The Labute approximate surface area is 153 Å². The van der Waals surface area contributed by atoms with Crippen LogP contribution in [0.2, 0.25) is 0 Å². The number of halogens is 1. The predicted octanol–water partition coefficient (Wildman–Crippen LogP) is 2.40. The van der Waals surface area contributed by atoms with Gasteiger partial charge >= 0.3 is 0 Å². The topological polar surface area (TPSA) is 73.8 Å². The highest BCUT2D eigenvalue weighted by Crippen LogP contribution is 2.11. The molecule has 0 saturated heterocycles. The molecule has 0 spiro atoms. The number of rotatable bonds is 6. The Morgan fingerprint density at radius 2 is 1.65 bits per heavy atom. The highest BCUT2D eigenvalue weighted by molar-refractivity contribution is 7.92. The summed E-state index contributed by atoms with van der Waals surface area (Å²) in [6.07, 6.45) is 1.11. The number of sulfonamides is 1. The van der Waals surface area contributed by atoms with Gasteiger partial charge in [-0.15, -0.1) is 0 Å². The normalized spacial score (nSPS) is 11.9. The number of hydrogen-bond donors (Lipinski definition) is 2. The second kappa shape index (κ2) is 8.66. The van der Waals surface area contributed by atoms with E-state index in [1.165, 1.54) is 12.1 Å². The molecule has 0 atom stereocenters. The van der Waals surface area contributed by atoms with E-state index in [0.717, 1.165) is 17.4 Å². The second-order valence-electron chi connectivity index (χ2n) is 5.95. The van der Waals surface area contributed by atoms with Crippen LogP contribution in [0, 0.1) is 5.82 Å². The smallest absolute Gasteiger partial charge is 0.229 e. The molecule has 6 nitrogen and oxygen atoms in total. The summed E-state index contributed by atoms with van der Waals surface area (Å²) in [6, 6.07) is 13.5. The Kier molecular flexibility index (Phi) is 6.57. The number of aliphatic imine (C=N–C) groups is 1. The number of anilines is 1. The van der Waals surface area contributed by atoms with Crippen LogP contribution < -0.4 is 10.0 Å². The Morgan fingerprint density at radius 1 is 1.08 bits per heavy atom. The zero-order valence-electron chi connectivity index (χ0n) is 15.0. The standard InChI is InChI=1S/C18H23FN4O2S/c1-20-18(23(2)13-15-4-8-16(19)9-5-15)21-12-14-6-10-17(11-7-14)22-26(3,24)25/h4-11,22H,12-13H2,1-3H3,(H,20,21). The molecule has 0 aliphatic carbocycles. The molecule has 2 aromatic rings. The number of benzene rings is 2. The Bertz CT molecular complexity index is 850. The summed E-state index contributed by atoms with van der Waals surface area (Å²) in [6.45, 7) is 1.14. The third-order valence-electron chi connectivity index (χ3n) is 3.61. The van der Waals surface area contributed by atoms with Crippen LogP contribution in [0.4, 0.5) is 10.1 Å². The molecule has 0 aliphatic heterocycles. The predicted molar refractivity (Wildman–Crippen MR) is 103 cm³/mol. The highest BCUT2D eigenvalue weighted by Gasteiger charge is 2.07. The Balaban J connectivity index is 1.92. The van der Waals surface area contributed by atoms with E-state index in [1.54, 1.807) is 31.3 Å². The molecule has 0 heterocycles. The quantitative estimate of drug-likeness (QED) is 0.598. The van der Waals surface area contributed by atoms with Crippen LogP contribution in [-0.2, 0) is 23.1 Å². The minimum absolute atomic E-state index is 0.257. The van der Waals surface area contributed by atoms with E-state index in [0.29, 0.717) is 24.7 Å². The van der Waals surface area contributed by atoms with Gasteiger partial charge in [0.1, 0.15) is 5.82 Å². The lowest BCUT2D eigenvalue weighted by Gasteiger charge is -2.22. The van der Waals surface area contributed by atoms with Crippen molar-refractivity contribution >= 4 is 21.7 Å². The van der Waals surface area contributed by atoms with Crippen molar-refractivity contribution in [2.24, 2.45) is 4.99 Å².